The van der Waals surface area contributed by atoms with Gasteiger partial charge >= 0.3 is 0 Å². The molecule has 1 saturated carbocycles. The Kier molecular flexibility index (Phi) is 4.18. The van der Waals surface area contributed by atoms with E-state index in [2.05, 4.69) is 18.2 Å². The predicted molar refractivity (Wildman–Crippen MR) is 52.9 cm³/mol. The van der Waals surface area contributed by atoms with Gasteiger partial charge in [0, 0.05) is 19.0 Å². The zero-order chi connectivity index (χ0) is 8.81. The molecule has 0 aromatic rings. The molecule has 0 bridgehead atoms. The van der Waals surface area contributed by atoms with E-state index < -0.39 is 0 Å². The van der Waals surface area contributed by atoms with E-state index in [1.54, 1.807) is 0 Å². The number of nitrogens with one attached hydrogen (secondary N) is 1. The van der Waals surface area contributed by atoms with Gasteiger partial charge in [0.05, 0.1) is 0 Å². The van der Waals surface area contributed by atoms with Crippen molar-refractivity contribution in [2.45, 2.75) is 45.1 Å². The van der Waals surface area contributed by atoms with Crippen molar-refractivity contribution in [1.29, 1.82) is 0 Å². The van der Waals surface area contributed by atoms with Gasteiger partial charge in [0.15, 0.2) is 0 Å². The van der Waals surface area contributed by atoms with Gasteiger partial charge in [-0.1, -0.05) is 13.3 Å². The van der Waals surface area contributed by atoms with E-state index in [0.717, 1.165) is 24.9 Å². The Morgan fingerprint density at radius 3 is 2.92 bits per heavy atom. The minimum atomic E-state index is 0.753. The van der Waals surface area contributed by atoms with E-state index in [0.29, 0.717) is 0 Å². The summed E-state index contributed by atoms with van der Waals surface area (Å²) in [5.74, 6) is 3.62. The monoisotopic (exact) mass is 165 g/mol. The number of terminal acetylenes is 1. The SMILES string of the molecule is C#CCCNC1CCC(CC)C1. The van der Waals surface area contributed by atoms with Crippen molar-refractivity contribution in [2.24, 2.45) is 5.92 Å². The molecule has 1 N–H and O–H groups in total. The molecule has 0 radical (unpaired) electrons. The number of hydrogen-bond donors (Lipinski definition) is 1. The summed E-state index contributed by atoms with van der Waals surface area (Å²) in [6, 6.07) is 0.753. The average molecular weight is 165 g/mol. The summed E-state index contributed by atoms with van der Waals surface area (Å²) in [6.07, 6.45) is 11.5. The molecule has 68 valence electrons. The Labute approximate surface area is 75.9 Å². The summed E-state index contributed by atoms with van der Waals surface area (Å²) in [6.45, 7) is 3.28. The van der Waals surface area contributed by atoms with Crippen LogP contribution in [-0.2, 0) is 0 Å². The maximum atomic E-state index is 5.18. The third-order valence-electron chi connectivity index (χ3n) is 2.82. The molecule has 1 rings (SSSR count). The summed E-state index contributed by atoms with van der Waals surface area (Å²) in [5.41, 5.74) is 0. The topological polar surface area (TPSA) is 12.0 Å². The third-order valence-corrected chi connectivity index (χ3v) is 2.82. The van der Waals surface area contributed by atoms with E-state index >= 15 is 0 Å². The van der Waals surface area contributed by atoms with Gasteiger partial charge in [-0.3, -0.25) is 0 Å². The molecule has 1 aliphatic carbocycles. The minimum absolute atomic E-state index is 0.753. The van der Waals surface area contributed by atoms with Crippen molar-refractivity contribution in [2.75, 3.05) is 6.54 Å². The Hall–Kier alpha value is -0.480. The van der Waals surface area contributed by atoms with Crippen molar-refractivity contribution < 1.29 is 0 Å². The highest BCUT2D eigenvalue weighted by Crippen LogP contribution is 2.27. The first-order valence-corrected chi connectivity index (χ1v) is 5.03. The lowest BCUT2D eigenvalue weighted by atomic mass is 10.1. The van der Waals surface area contributed by atoms with Crippen LogP contribution < -0.4 is 5.32 Å². The maximum Gasteiger partial charge on any atom is 0.0211 e. The van der Waals surface area contributed by atoms with Crippen molar-refractivity contribution in [1.82, 2.24) is 5.32 Å². The van der Waals surface area contributed by atoms with Crippen LogP contribution in [0.3, 0.4) is 0 Å². The molecule has 2 unspecified atom stereocenters. The molecule has 0 saturated heterocycles. The fraction of sp³-hybridized carbons (Fsp3) is 0.818. The molecule has 0 spiro atoms. The van der Waals surface area contributed by atoms with Crippen LogP contribution in [0.25, 0.3) is 0 Å². The van der Waals surface area contributed by atoms with Crippen LogP contribution in [0.4, 0.5) is 0 Å². The van der Waals surface area contributed by atoms with Crippen molar-refractivity contribution >= 4 is 0 Å². The van der Waals surface area contributed by atoms with Crippen molar-refractivity contribution in [3.8, 4) is 12.3 Å². The van der Waals surface area contributed by atoms with Crippen LogP contribution in [-0.4, -0.2) is 12.6 Å². The molecule has 0 heterocycles. The van der Waals surface area contributed by atoms with Crippen LogP contribution >= 0.6 is 0 Å². The lowest BCUT2D eigenvalue weighted by Crippen LogP contribution is -2.27. The van der Waals surface area contributed by atoms with Gasteiger partial charge in [-0.25, -0.2) is 0 Å². The minimum Gasteiger partial charge on any atom is -0.313 e. The van der Waals surface area contributed by atoms with Crippen LogP contribution in [0, 0.1) is 18.3 Å². The maximum absolute atomic E-state index is 5.18. The van der Waals surface area contributed by atoms with E-state index in [4.69, 9.17) is 6.42 Å². The molecule has 1 fully saturated rings. The molecule has 1 aliphatic rings. The molecule has 0 amide bonds. The highest BCUT2D eigenvalue weighted by Gasteiger charge is 2.21. The number of hydrogen-bond acceptors (Lipinski definition) is 1. The van der Waals surface area contributed by atoms with E-state index in [1.165, 1.54) is 25.7 Å². The first-order valence-electron chi connectivity index (χ1n) is 5.03. The molecule has 2 atom stereocenters. The Morgan fingerprint density at radius 2 is 2.33 bits per heavy atom. The summed E-state index contributed by atoms with van der Waals surface area (Å²) in [5, 5.41) is 3.50. The van der Waals surface area contributed by atoms with Crippen LogP contribution in [0.2, 0.25) is 0 Å². The van der Waals surface area contributed by atoms with Crippen molar-refractivity contribution in [3.05, 3.63) is 0 Å². The predicted octanol–water partition coefficient (Wildman–Crippen LogP) is 2.18. The highest BCUT2D eigenvalue weighted by atomic mass is 14.9. The van der Waals surface area contributed by atoms with Gasteiger partial charge in [-0.15, -0.1) is 12.3 Å². The Bertz CT molecular complexity index is 157. The molecule has 0 aromatic carbocycles. The van der Waals surface area contributed by atoms with Crippen molar-refractivity contribution in [3.63, 3.8) is 0 Å². The second-order valence-corrected chi connectivity index (χ2v) is 3.69. The third kappa shape index (κ3) is 2.87. The molecule has 1 nitrogen and oxygen atoms in total. The van der Waals surface area contributed by atoms with Gasteiger partial charge in [-0.05, 0) is 25.2 Å². The summed E-state index contributed by atoms with van der Waals surface area (Å²) >= 11 is 0. The average Bonchev–Trinajstić information content (AvgIpc) is 2.53. The van der Waals surface area contributed by atoms with Crippen LogP contribution in [0.1, 0.15) is 39.0 Å². The number of rotatable bonds is 4. The van der Waals surface area contributed by atoms with E-state index in [-0.39, 0.29) is 0 Å². The fourth-order valence-electron chi connectivity index (χ4n) is 1.98. The lowest BCUT2D eigenvalue weighted by molar-refractivity contribution is 0.481. The second-order valence-electron chi connectivity index (χ2n) is 3.69. The molecular weight excluding hydrogens is 146 g/mol. The lowest BCUT2D eigenvalue weighted by Gasteiger charge is -2.10. The highest BCUT2D eigenvalue weighted by molar-refractivity contribution is 4.86. The normalized spacial score (nSPS) is 28.7. The molecule has 0 aliphatic heterocycles. The molecule has 12 heavy (non-hydrogen) atoms. The zero-order valence-electron chi connectivity index (χ0n) is 7.97. The summed E-state index contributed by atoms with van der Waals surface area (Å²) in [7, 11) is 0. The van der Waals surface area contributed by atoms with Gasteiger partial charge in [0.25, 0.3) is 0 Å². The zero-order valence-corrected chi connectivity index (χ0v) is 7.97. The quantitative estimate of drug-likeness (QED) is 0.497. The van der Waals surface area contributed by atoms with Crippen LogP contribution in [0.15, 0.2) is 0 Å². The summed E-state index contributed by atoms with van der Waals surface area (Å²) in [4.78, 5) is 0. The molecular formula is C11H19N. The van der Waals surface area contributed by atoms with E-state index in [9.17, 15) is 0 Å². The first kappa shape index (κ1) is 9.61. The van der Waals surface area contributed by atoms with Gasteiger partial charge < -0.3 is 5.32 Å². The largest absolute Gasteiger partial charge is 0.313 e. The molecule has 0 aromatic heterocycles. The smallest absolute Gasteiger partial charge is 0.0211 e. The summed E-state index contributed by atoms with van der Waals surface area (Å²) < 4.78 is 0. The van der Waals surface area contributed by atoms with E-state index in [1.807, 2.05) is 0 Å². The standard InChI is InChI=1S/C11H19N/c1-3-5-8-12-11-7-6-10(4-2)9-11/h1,10-12H,4-9H2,2H3. The first-order chi connectivity index (χ1) is 5.86. The van der Waals surface area contributed by atoms with Gasteiger partial charge in [0.2, 0.25) is 0 Å². The van der Waals surface area contributed by atoms with Crippen LogP contribution in [0.5, 0.6) is 0 Å². The Balaban J connectivity index is 2.07. The van der Waals surface area contributed by atoms with Gasteiger partial charge in [0.1, 0.15) is 0 Å². The van der Waals surface area contributed by atoms with Gasteiger partial charge in [-0.2, -0.15) is 0 Å². The Morgan fingerprint density at radius 1 is 1.50 bits per heavy atom. The fourth-order valence-corrected chi connectivity index (χ4v) is 1.98. The second kappa shape index (κ2) is 5.22. The molecule has 1 heteroatoms.